The molecule has 1 aliphatic heterocycles. The van der Waals surface area contributed by atoms with Crippen LogP contribution >= 0.6 is 0 Å². The van der Waals surface area contributed by atoms with E-state index in [1.807, 2.05) is 31.2 Å². The fourth-order valence-corrected chi connectivity index (χ4v) is 2.90. The van der Waals surface area contributed by atoms with Crippen LogP contribution in [0.4, 0.5) is 4.39 Å². The molecule has 1 nitrogen and oxygen atoms in total. The lowest BCUT2D eigenvalue weighted by molar-refractivity contribution is 0.0902. The summed E-state index contributed by atoms with van der Waals surface area (Å²) < 4.78 is 15.1. The molecule has 1 fully saturated rings. The number of benzene rings is 1. The minimum atomic E-state index is -1.20. The smallest absolute Gasteiger partial charge is 0.136 e. The van der Waals surface area contributed by atoms with Gasteiger partial charge < -0.3 is 5.32 Å². The van der Waals surface area contributed by atoms with Gasteiger partial charge >= 0.3 is 0 Å². The average molecular weight is 235 g/mol. The van der Waals surface area contributed by atoms with E-state index in [1.54, 1.807) is 6.92 Å². The van der Waals surface area contributed by atoms with Crippen LogP contribution in [0.2, 0.25) is 0 Å². The molecule has 2 rings (SSSR count). The molecule has 1 aromatic carbocycles. The first-order valence-corrected chi connectivity index (χ1v) is 6.58. The third-order valence-corrected chi connectivity index (χ3v) is 4.01. The van der Waals surface area contributed by atoms with Gasteiger partial charge in [0, 0.05) is 0 Å². The molecule has 1 heterocycles. The van der Waals surface area contributed by atoms with Crippen molar-refractivity contribution in [1.29, 1.82) is 0 Å². The normalized spacial score (nSPS) is 25.0. The van der Waals surface area contributed by atoms with Gasteiger partial charge in [-0.3, -0.25) is 0 Å². The number of alkyl halides is 1. The summed E-state index contributed by atoms with van der Waals surface area (Å²) in [6, 6.07) is 7.86. The molecule has 94 valence electrons. The molecule has 1 saturated heterocycles. The molecule has 0 radical (unpaired) electrons. The molecule has 0 aromatic heterocycles. The fraction of sp³-hybridized carbons (Fsp3) is 0.600. The lowest BCUT2D eigenvalue weighted by atomic mass is 9.79. The largest absolute Gasteiger partial charge is 0.317 e. The predicted molar refractivity (Wildman–Crippen MR) is 69.8 cm³/mol. The van der Waals surface area contributed by atoms with E-state index >= 15 is 4.39 Å². The number of hydrogen-bond donors (Lipinski definition) is 1. The summed E-state index contributed by atoms with van der Waals surface area (Å²) in [5, 5.41) is 3.35. The zero-order valence-electron chi connectivity index (χ0n) is 10.8. The van der Waals surface area contributed by atoms with E-state index in [9.17, 15) is 0 Å². The zero-order chi connectivity index (χ0) is 12.3. The van der Waals surface area contributed by atoms with Crippen LogP contribution in [0.1, 0.15) is 37.3 Å². The van der Waals surface area contributed by atoms with Crippen LogP contribution in [-0.4, -0.2) is 13.1 Å². The van der Waals surface area contributed by atoms with Crippen LogP contribution in [-0.2, 0) is 5.67 Å². The molecule has 0 spiro atoms. The first kappa shape index (κ1) is 12.6. The molecule has 2 heteroatoms. The van der Waals surface area contributed by atoms with Crippen molar-refractivity contribution in [3.05, 3.63) is 35.4 Å². The van der Waals surface area contributed by atoms with Gasteiger partial charge in [0.15, 0.2) is 0 Å². The second-order valence-electron chi connectivity index (χ2n) is 5.27. The van der Waals surface area contributed by atoms with Gasteiger partial charge in [-0.1, -0.05) is 24.3 Å². The molecule has 1 N–H and O–H groups in total. The Hall–Kier alpha value is -0.890. The molecule has 0 bridgehead atoms. The molecule has 2 unspecified atom stereocenters. The second kappa shape index (κ2) is 5.18. The molecule has 1 aliphatic rings. The SMILES string of the molecule is Cc1ccccc1C(C)(F)C1CCCNCC1. The number of hydrogen-bond acceptors (Lipinski definition) is 1. The van der Waals surface area contributed by atoms with Crippen molar-refractivity contribution < 1.29 is 4.39 Å². The Balaban J connectivity index is 2.25. The van der Waals surface area contributed by atoms with Crippen molar-refractivity contribution in [1.82, 2.24) is 5.32 Å². The van der Waals surface area contributed by atoms with Crippen molar-refractivity contribution in [3.63, 3.8) is 0 Å². The zero-order valence-corrected chi connectivity index (χ0v) is 10.8. The highest BCUT2D eigenvalue weighted by Gasteiger charge is 2.36. The maximum Gasteiger partial charge on any atom is 0.136 e. The first-order chi connectivity index (χ1) is 8.12. The summed E-state index contributed by atoms with van der Waals surface area (Å²) in [6.45, 7) is 5.73. The lowest BCUT2D eigenvalue weighted by Gasteiger charge is -2.31. The van der Waals surface area contributed by atoms with Gasteiger partial charge in [-0.05, 0) is 63.2 Å². The average Bonchev–Trinajstić information content (AvgIpc) is 2.58. The number of halogens is 1. The van der Waals surface area contributed by atoms with Crippen molar-refractivity contribution in [3.8, 4) is 0 Å². The highest BCUT2D eigenvalue weighted by atomic mass is 19.1. The highest BCUT2D eigenvalue weighted by Crippen LogP contribution is 2.40. The fourth-order valence-electron chi connectivity index (χ4n) is 2.90. The topological polar surface area (TPSA) is 12.0 Å². The Labute approximate surface area is 103 Å². The second-order valence-corrected chi connectivity index (χ2v) is 5.27. The molecule has 0 aliphatic carbocycles. The Bertz CT molecular complexity index is 365. The summed E-state index contributed by atoms with van der Waals surface area (Å²) in [7, 11) is 0. The van der Waals surface area contributed by atoms with Crippen molar-refractivity contribution in [2.45, 2.75) is 38.8 Å². The van der Waals surface area contributed by atoms with E-state index < -0.39 is 5.67 Å². The van der Waals surface area contributed by atoms with Gasteiger partial charge in [-0.25, -0.2) is 4.39 Å². The van der Waals surface area contributed by atoms with E-state index in [1.165, 1.54) is 0 Å². The van der Waals surface area contributed by atoms with Gasteiger partial charge in [0.25, 0.3) is 0 Å². The first-order valence-electron chi connectivity index (χ1n) is 6.58. The van der Waals surface area contributed by atoms with Crippen LogP contribution in [0.25, 0.3) is 0 Å². The molecule has 2 atom stereocenters. The standard InChI is InChI=1S/C15H22FN/c1-12-6-3-4-8-14(12)15(2,16)13-7-5-10-17-11-9-13/h3-4,6,8,13,17H,5,7,9-11H2,1-2H3. The van der Waals surface area contributed by atoms with Gasteiger partial charge in [-0.15, -0.1) is 0 Å². The molecular formula is C15H22FN. The van der Waals surface area contributed by atoms with E-state index in [2.05, 4.69) is 5.32 Å². The molecule has 0 saturated carbocycles. The number of aryl methyl sites for hydroxylation is 1. The summed E-state index contributed by atoms with van der Waals surface area (Å²) >= 11 is 0. The van der Waals surface area contributed by atoms with E-state index in [0.717, 1.165) is 43.5 Å². The third-order valence-electron chi connectivity index (χ3n) is 4.01. The number of nitrogens with one attached hydrogen (secondary N) is 1. The van der Waals surface area contributed by atoms with Crippen molar-refractivity contribution in [2.24, 2.45) is 5.92 Å². The Morgan fingerprint density at radius 3 is 2.76 bits per heavy atom. The summed E-state index contributed by atoms with van der Waals surface area (Å²) in [5.41, 5.74) is 0.735. The lowest BCUT2D eigenvalue weighted by Crippen LogP contribution is -2.29. The quantitative estimate of drug-likeness (QED) is 0.826. The van der Waals surface area contributed by atoms with Crippen LogP contribution < -0.4 is 5.32 Å². The highest BCUT2D eigenvalue weighted by molar-refractivity contribution is 5.31. The maximum atomic E-state index is 15.1. The summed E-state index contributed by atoms with van der Waals surface area (Å²) in [5.74, 6) is 0.138. The van der Waals surface area contributed by atoms with E-state index in [4.69, 9.17) is 0 Å². The summed E-state index contributed by atoms with van der Waals surface area (Å²) in [6.07, 6.45) is 2.99. The van der Waals surface area contributed by atoms with Crippen LogP contribution in [0.3, 0.4) is 0 Å². The van der Waals surface area contributed by atoms with Gasteiger partial charge in [0.1, 0.15) is 5.67 Å². The Morgan fingerprint density at radius 2 is 2.00 bits per heavy atom. The van der Waals surface area contributed by atoms with Gasteiger partial charge in [0.2, 0.25) is 0 Å². The van der Waals surface area contributed by atoms with Gasteiger partial charge in [-0.2, -0.15) is 0 Å². The predicted octanol–water partition coefficient (Wildman–Crippen LogP) is 3.57. The Kier molecular flexibility index (Phi) is 3.82. The minimum Gasteiger partial charge on any atom is -0.317 e. The molecular weight excluding hydrogens is 213 g/mol. The molecule has 1 aromatic rings. The Morgan fingerprint density at radius 1 is 1.24 bits per heavy atom. The van der Waals surface area contributed by atoms with Gasteiger partial charge in [0.05, 0.1) is 0 Å². The van der Waals surface area contributed by atoms with Crippen LogP contribution in [0, 0.1) is 12.8 Å². The maximum absolute atomic E-state index is 15.1. The third kappa shape index (κ3) is 2.68. The minimum absolute atomic E-state index is 0.138. The molecule has 0 amide bonds. The van der Waals surface area contributed by atoms with Crippen molar-refractivity contribution >= 4 is 0 Å². The molecule has 17 heavy (non-hydrogen) atoms. The monoisotopic (exact) mass is 235 g/mol. The van der Waals surface area contributed by atoms with E-state index in [-0.39, 0.29) is 5.92 Å². The number of rotatable bonds is 2. The van der Waals surface area contributed by atoms with Crippen LogP contribution in [0.15, 0.2) is 24.3 Å². The summed E-state index contributed by atoms with van der Waals surface area (Å²) in [4.78, 5) is 0. The van der Waals surface area contributed by atoms with E-state index in [0.29, 0.717) is 0 Å². The van der Waals surface area contributed by atoms with Crippen molar-refractivity contribution in [2.75, 3.05) is 13.1 Å². The van der Waals surface area contributed by atoms with Crippen LogP contribution in [0.5, 0.6) is 0 Å².